The number of likely N-dealkylation sites (N-methyl/N-ethyl adjacent to an activating group) is 2. The van der Waals surface area contributed by atoms with E-state index in [9.17, 15) is 9.18 Å². The summed E-state index contributed by atoms with van der Waals surface area (Å²) in [7, 11) is 5.16. The number of nitrogens with zero attached hydrogens (tertiary/aromatic N) is 2. The number of likely N-dealkylation sites (tertiary alicyclic amines) is 1. The molecule has 1 aromatic carbocycles. The van der Waals surface area contributed by atoms with E-state index in [0.717, 1.165) is 31.5 Å². The van der Waals surface area contributed by atoms with Gasteiger partial charge < -0.3 is 15.0 Å². The Balaban J connectivity index is 0.00000312. The first-order valence-electron chi connectivity index (χ1n) is 8.45. The number of carbonyl (C=O) groups is 1. The lowest BCUT2D eigenvalue weighted by atomic mass is 10.0. The molecule has 2 atom stereocenters. The highest BCUT2D eigenvalue weighted by Gasteiger charge is 2.28. The smallest absolute Gasteiger partial charge is 0.239 e. The number of methoxy groups -OCH3 is 1. The number of benzene rings is 1. The van der Waals surface area contributed by atoms with Crippen LogP contribution in [0, 0.1) is 5.82 Å². The van der Waals surface area contributed by atoms with Crippen LogP contribution < -0.4 is 10.1 Å². The minimum absolute atomic E-state index is 0. The van der Waals surface area contributed by atoms with Crippen molar-refractivity contribution in [1.29, 1.82) is 0 Å². The lowest BCUT2D eigenvalue weighted by Crippen LogP contribution is -2.52. The lowest BCUT2D eigenvalue weighted by molar-refractivity contribution is -0.136. The second-order valence-corrected chi connectivity index (χ2v) is 6.46. The number of hydrogen-bond acceptors (Lipinski definition) is 4. The fourth-order valence-electron chi connectivity index (χ4n) is 3.23. The average Bonchev–Trinajstić information content (AvgIpc) is 2.60. The van der Waals surface area contributed by atoms with E-state index in [-0.39, 0.29) is 30.1 Å². The molecule has 7 heteroatoms. The summed E-state index contributed by atoms with van der Waals surface area (Å²) in [6.07, 6.45) is 2.24. The van der Waals surface area contributed by atoms with Crippen LogP contribution in [0.15, 0.2) is 18.2 Å². The monoisotopic (exact) mass is 373 g/mol. The molecular weight excluding hydrogens is 345 g/mol. The molecule has 1 amide bonds. The summed E-state index contributed by atoms with van der Waals surface area (Å²) < 4.78 is 18.7. The van der Waals surface area contributed by atoms with Gasteiger partial charge in [-0.15, -0.1) is 12.4 Å². The molecule has 0 aromatic heterocycles. The Morgan fingerprint density at radius 2 is 2.24 bits per heavy atom. The van der Waals surface area contributed by atoms with Crippen LogP contribution in [0.25, 0.3) is 0 Å². The predicted molar refractivity (Wildman–Crippen MR) is 99.8 cm³/mol. The molecule has 0 saturated carbocycles. The molecule has 25 heavy (non-hydrogen) atoms. The Morgan fingerprint density at radius 3 is 2.84 bits per heavy atom. The number of nitrogens with one attached hydrogen (secondary N) is 1. The summed E-state index contributed by atoms with van der Waals surface area (Å²) in [6.45, 7) is 4.16. The Kier molecular flexibility index (Phi) is 8.62. The second kappa shape index (κ2) is 9.94. The van der Waals surface area contributed by atoms with Gasteiger partial charge in [0.1, 0.15) is 0 Å². The highest BCUT2D eigenvalue weighted by molar-refractivity contribution is 5.85. The molecule has 1 saturated heterocycles. The van der Waals surface area contributed by atoms with Crippen LogP contribution in [0.1, 0.15) is 25.3 Å². The zero-order valence-corrected chi connectivity index (χ0v) is 16.2. The van der Waals surface area contributed by atoms with Gasteiger partial charge in [-0.2, -0.15) is 0 Å². The lowest BCUT2D eigenvalue weighted by Gasteiger charge is -2.37. The normalized spacial score (nSPS) is 19.0. The van der Waals surface area contributed by atoms with Gasteiger partial charge in [0, 0.05) is 26.2 Å². The van der Waals surface area contributed by atoms with Crippen LogP contribution in [0.4, 0.5) is 4.39 Å². The highest BCUT2D eigenvalue weighted by Crippen LogP contribution is 2.19. The van der Waals surface area contributed by atoms with E-state index in [1.54, 1.807) is 24.1 Å². The molecule has 1 aromatic rings. The van der Waals surface area contributed by atoms with Crippen molar-refractivity contribution in [1.82, 2.24) is 15.1 Å². The molecule has 2 rings (SSSR count). The maximum Gasteiger partial charge on any atom is 0.239 e. The molecular formula is C18H29ClFN3O2. The number of carbonyl (C=O) groups excluding carboxylic acids is 1. The third-order valence-corrected chi connectivity index (χ3v) is 4.78. The molecule has 1 heterocycles. The molecule has 0 spiro atoms. The number of ether oxygens (including phenoxy) is 1. The van der Waals surface area contributed by atoms with Crippen molar-refractivity contribution >= 4 is 18.3 Å². The first-order valence-corrected chi connectivity index (χ1v) is 8.45. The summed E-state index contributed by atoms with van der Waals surface area (Å²) in [6, 6.07) is 5.07. The SMILES string of the molecule is CNC1CCCN(C(C)C(=O)N(C)Cc2ccc(OC)c(F)c2)C1.Cl. The van der Waals surface area contributed by atoms with Crippen molar-refractivity contribution in [2.45, 2.75) is 38.4 Å². The largest absolute Gasteiger partial charge is 0.494 e. The van der Waals surface area contributed by atoms with Gasteiger partial charge in [-0.3, -0.25) is 9.69 Å². The zero-order valence-electron chi connectivity index (χ0n) is 15.4. The summed E-state index contributed by atoms with van der Waals surface area (Å²) >= 11 is 0. The van der Waals surface area contributed by atoms with Crippen molar-refractivity contribution in [3.05, 3.63) is 29.6 Å². The van der Waals surface area contributed by atoms with Crippen LogP contribution >= 0.6 is 12.4 Å². The van der Waals surface area contributed by atoms with E-state index in [1.807, 2.05) is 14.0 Å². The Morgan fingerprint density at radius 1 is 1.52 bits per heavy atom. The third kappa shape index (κ3) is 5.56. The van der Waals surface area contributed by atoms with Crippen LogP contribution in [0.5, 0.6) is 5.75 Å². The first kappa shape index (κ1) is 21.7. The number of piperidine rings is 1. The van der Waals surface area contributed by atoms with E-state index in [1.165, 1.54) is 13.2 Å². The van der Waals surface area contributed by atoms with Gasteiger partial charge in [0.2, 0.25) is 5.91 Å². The maximum atomic E-state index is 13.8. The van der Waals surface area contributed by atoms with Crippen molar-refractivity contribution in [2.24, 2.45) is 0 Å². The molecule has 0 aliphatic carbocycles. The van der Waals surface area contributed by atoms with E-state index in [4.69, 9.17) is 4.74 Å². The van der Waals surface area contributed by atoms with Gasteiger partial charge in [0.15, 0.2) is 11.6 Å². The van der Waals surface area contributed by atoms with E-state index in [2.05, 4.69) is 10.2 Å². The maximum absolute atomic E-state index is 13.8. The number of rotatable bonds is 6. The third-order valence-electron chi connectivity index (χ3n) is 4.78. The molecule has 5 nitrogen and oxygen atoms in total. The molecule has 1 fully saturated rings. The zero-order chi connectivity index (χ0) is 17.7. The molecule has 1 aliphatic heterocycles. The Hall–Kier alpha value is -1.37. The Bertz CT molecular complexity index is 573. The van der Waals surface area contributed by atoms with Gasteiger partial charge in [-0.05, 0) is 51.1 Å². The predicted octanol–water partition coefficient (Wildman–Crippen LogP) is 2.29. The van der Waals surface area contributed by atoms with Crippen LogP contribution in [-0.4, -0.2) is 62.1 Å². The first-order chi connectivity index (χ1) is 11.5. The molecule has 142 valence electrons. The summed E-state index contributed by atoms with van der Waals surface area (Å²) in [5, 5.41) is 3.29. The fourth-order valence-corrected chi connectivity index (χ4v) is 3.23. The number of halogens is 2. The second-order valence-electron chi connectivity index (χ2n) is 6.46. The van der Waals surface area contributed by atoms with Crippen molar-refractivity contribution in [3.63, 3.8) is 0 Å². The van der Waals surface area contributed by atoms with Crippen molar-refractivity contribution in [2.75, 3.05) is 34.3 Å². The summed E-state index contributed by atoms with van der Waals surface area (Å²) in [4.78, 5) is 16.6. The van der Waals surface area contributed by atoms with Gasteiger partial charge in [0.05, 0.1) is 13.2 Å². The number of amides is 1. The van der Waals surface area contributed by atoms with Gasteiger partial charge in [-0.25, -0.2) is 4.39 Å². The van der Waals surface area contributed by atoms with E-state index >= 15 is 0 Å². The fraction of sp³-hybridized carbons (Fsp3) is 0.611. The van der Waals surface area contributed by atoms with Crippen molar-refractivity contribution < 1.29 is 13.9 Å². The van der Waals surface area contributed by atoms with Crippen LogP contribution in [0.3, 0.4) is 0 Å². The van der Waals surface area contributed by atoms with E-state index < -0.39 is 5.82 Å². The Labute approximate surface area is 155 Å². The summed E-state index contributed by atoms with van der Waals surface area (Å²) in [5.41, 5.74) is 0.753. The van der Waals surface area contributed by atoms with Crippen LogP contribution in [-0.2, 0) is 11.3 Å². The quantitative estimate of drug-likeness (QED) is 0.831. The average molecular weight is 374 g/mol. The topological polar surface area (TPSA) is 44.8 Å². The molecule has 0 radical (unpaired) electrons. The summed E-state index contributed by atoms with van der Waals surface area (Å²) in [5.74, 6) is -0.132. The van der Waals surface area contributed by atoms with Gasteiger partial charge in [0.25, 0.3) is 0 Å². The standard InChI is InChI=1S/C18H28FN3O2.ClH/c1-13(22-9-5-6-15(12-22)20-2)18(23)21(3)11-14-7-8-17(24-4)16(19)10-14;/h7-8,10,13,15,20H,5-6,9,11-12H2,1-4H3;1H. The molecule has 0 bridgehead atoms. The minimum Gasteiger partial charge on any atom is -0.494 e. The van der Waals surface area contributed by atoms with Crippen LogP contribution in [0.2, 0.25) is 0 Å². The van der Waals surface area contributed by atoms with Crippen molar-refractivity contribution in [3.8, 4) is 5.75 Å². The highest BCUT2D eigenvalue weighted by atomic mass is 35.5. The number of hydrogen-bond donors (Lipinski definition) is 1. The molecule has 1 aliphatic rings. The van der Waals surface area contributed by atoms with E-state index in [0.29, 0.717) is 12.6 Å². The molecule has 2 unspecified atom stereocenters. The van der Waals surface area contributed by atoms with Gasteiger partial charge >= 0.3 is 0 Å². The molecule has 1 N–H and O–H groups in total. The minimum atomic E-state index is -0.406. The van der Waals surface area contributed by atoms with Gasteiger partial charge in [-0.1, -0.05) is 6.07 Å².